The molecule has 0 bridgehead atoms. The molecule has 1 aromatic heterocycles. The number of Topliss-reactive ketones (excluding diaryl/α,β-unsaturated/α-hetero) is 1. The lowest BCUT2D eigenvalue weighted by Gasteiger charge is -2.01. The number of aliphatic imine (C=N–C) groups is 1. The van der Waals surface area contributed by atoms with E-state index in [-0.39, 0.29) is 5.78 Å². The van der Waals surface area contributed by atoms with Crippen molar-refractivity contribution in [2.45, 2.75) is 39.0 Å². The lowest BCUT2D eigenvalue weighted by Crippen LogP contribution is -2.01. The Bertz CT molecular complexity index is 878. The average molecular weight is 347 g/mol. The molecule has 0 unspecified atom stereocenters. The lowest BCUT2D eigenvalue weighted by atomic mass is 10.0. The van der Waals surface area contributed by atoms with Crippen molar-refractivity contribution in [2.75, 3.05) is 6.54 Å². The van der Waals surface area contributed by atoms with E-state index in [1.54, 1.807) is 6.21 Å². The highest BCUT2D eigenvalue weighted by atomic mass is 16.3. The van der Waals surface area contributed by atoms with Crippen LogP contribution in [-0.2, 0) is 0 Å². The molecule has 2 aromatic carbocycles. The minimum atomic E-state index is 0.0473. The summed E-state index contributed by atoms with van der Waals surface area (Å²) in [7, 11) is 0. The maximum absolute atomic E-state index is 12.9. The summed E-state index contributed by atoms with van der Waals surface area (Å²) in [5, 5.41) is 0.868. The number of furan rings is 1. The van der Waals surface area contributed by atoms with Crippen molar-refractivity contribution < 1.29 is 9.21 Å². The van der Waals surface area contributed by atoms with Crippen LogP contribution in [-0.4, -0.2) is 18.5 Å². The Morgan fingerprint density at radius 3 is 2.58 bits per heavy atom. The van der Waals surface area contributed by atoms with Gasteiger partial charge in [-0.05, 0) is 12.5 Å². The van der Waals surface area contributed by atoms with Gasteiger partial charge in [0.1, 0.15) is 11.3 Å². The molecule has 26 heavy (non-hydrogen) atoms. The van der Waals surface area contributed by atoms with Crippen molar-refractivity contribution in [3.63, 3.8) is 0 Å². The topological polar surface area (TPSA) is 42.6 Å². The number of unbranched alkanes of at least 4 members (excludes halogenated alkanes) is 3. The van der Waals surface area contributed by atoms with E-state index in [1.807, 2.05) is 54.6 Å². The molecule has 0 atom stereocenters. The predicted molar refractivity (Wildman–Crippen MR) is 108 cm³/mol. The van der Waals surface area contributed by atoms with Crippen LogP contribution in [0.5, 0.6) is 0 Å². The minimum absolute atomic E-state index is 0.0473. The smallest absolute Gasteiger partial charge is 0.172 e. The molecule has 0 aliphatic carbocycles. The molecule has 0 spiro atoms. The molecule has 3 aromatic rings. The van der Waals surface area contributed by atoms with Gasteiger partial charge in [-0.3, -0.25) is 9.79 Å². The van der Waals surface area contributed by atoms with Crippen LogP contribution in [0.2, 0.25) is 0 Å². The molecule has 3 nitrogen and oxygen atoms in total. The van der Waals surface area contributed by atoms with Crippen molar-refractivity contribution in [3.05, 3.63) is 60.2 Å². The normalized spacial score (nSPS) is 11.4. The van der Waals surface area contributed by atoms with Crippen LogP contribution in [0, 0.1) is 0 Å². The second kappa shape index (κ2) is 9.14. The van der Waals surface area contributed by atoms with Crippen LogP contribution < -0.4 is 0 Å². The number of hydrogen-bond donors (Lipinski definition) is 0. The van der Waals surface area contributed by atoms with Gasteiger partial charge in [0, 0.05) is 30.1 Å². The van der Waals surface area contributed by atoms with Gasteiger partial charge < -0.3 is 4.42 Å². The standard InChI is InChI=1S/C23H25NO2/c1-2-3-4-10-16-24-17-15-20(25)22-19-13-8-9-14-21(19)26-23(22)18-11-6-5-7-12-18/h5-9,11-14,17H,2-4,10,15-16H2,1H3. The Balaban J connectivity index is 1.80. The van der Waals surface area contributed by atoms with Gasteiger partial charge in [0.05, 0.1) is 5.56 Å². The van der Waals surface area contributed by atoms with Crippen molar-refractivity contribution in [3.8, 4) is 11.3 Å². The van der Waals surface area contributed by atoms with E-state index in [0.717, 1.165) is 29.5 Å². The van der Waals surface area contributed by atoms with Crippen molar-refractivity contribution in [1.29, 1.82) is 0 Å². The number of ketones is 1. The number of nitrogens with zero attached hydrogens (tertiary/aromatic N) is 1. The van der Waals surface area contributed by atoms with E-state index in [0.29, 0.717) is 17.7 Å². The van der Waals surface area contributed by atoms with Crippen molar-refractivity contribution >= 4 is 23.0 Å². The summed E-state index contributed by atoms with van der Waals surface area (Å²) in [6, 6.07) is 17.5. The predicted octanol–water partition coefficient (Wildman–Crippen LogP) is 6.32. The Labute approximate surface area is 154 Å². The Morgan fingerprint density at radius 1 is 1.00 bits per heavy atom. The zero-order chi connectivity index (χ0) is 18.2. The summed E-state index contributed by atoms with van der Waals surface area (Å²) in [6.45, 7) is 2.99. The van der Waals surface area contributed by atoms with Gasteiger partial charge in [-0.2, -0.15) is 0 Å². The van der Waals surface area contributed by atoms with Crippen LogP contribution in [0.25, 0.3) is 22.3 Å². The second-order valence-corrected chi connectivity index (χ2v) is 6.45. The summed E-state index contributed by atoms with van der Waals surface area (Å²) < 4.78 is 6.01. The number of para-hydroxylation sites is 1. The van der Waals surface area contributed by atoms with Gasteiger partial charge in [-0.15, -0.1) is 0 Å². The first-order valence-electron chi connectivity index (χ1n) is 9.39. The summed E-state index contributed by atoms with van der Waals surface area (Å²) >= 11 is 0. The SMILES string of the molecule is CCCCCCN=CCC(=O)c1c(-c2ccccc2)oc2ccccc12. The number of rotatable bonds is 9. The van der Waals surface area contributed by atoms with Gasteiger partial charge in [0.2, 0.25) is 0 Å². The van der Waals surface area contributed by atoms with Crippen molar-refractivity contribution in [2.24, 2.45) is 4.99 Å². The summed E-state index contributed by atoms with van der Waals surface area (Å²) in [5.74, 6) is 0.694. The molecular weight excluding hydrogens is 322 g/mol. The molecule has 0 aliphatic heterocycles. The van der Waals surface area contributed by atoms with E-state index in [1.165, 1.54) is 19.3 Å². The zero-order valence-corrected chi connectivity index (χ0v) is 15.3. The third kappa shape index (κ3) is 4.29. The van der Waals surface area contributed by atoms with Crippen LogP contribution in [0.1, 0.15) is 49.4 Å². The molecule has 0 radical (unpaired) electrons. The monoisotopic (exact) mass is 347 g/mol. The number of fused-ring (bicyclic) bond motifs is 1. The fourth-order valence-electron chi connectivity index (χ4n) is 3.09. The first-order chi connectivity index (χ1) is 12.8. The highest BCUT2D eigenvalue weighted by Crippen LogP contribution is 2.34. The highest BCUT2D eigenvalue weighted by molar-refractivity contribution is 6.15. The van der Waals surface area contributed by atoms with Gasteiger partial charge in [-0.1, -0.05) is 74.7 Å². The molecular formula is C23H25NO2. The second-order valence-electron chi connectivity index (χ2n) is 6.45. The summed E-state index contributed by atoms with van der Waals surface area (Å²) in [4.78, 5) is 17.3. The van der Waals surface area contributed by atoms with E-state index < -0.39 is 0 Å². The number of benzene rings is 2. The third-order valence-electron chi connectivity index (χ3n) is 4.46. The zero-order valence-electron chi connectivity index (χ0n) is 15.3. The van der Waals surface area contributed by atoms with Crippen LogP contribution in [0.3, 0.4) is 0 Å². The van der Waals surface area contributed by atoms with E-state index in [2.05, 4.69) is 11.9 Å². The van der Waals surface area contributed by atoms with Crippen LogP contribution in [0.15, 0.2) is 64.0 Å². The van der Waals surface area contributed by atoms with Crippen molar-refractivity contribution in [1.82, 2.24) is 0 Å². The Hall–Kier alpha value is -2.68. The Morgan fingerprint density at radius 2 is 1.77 bits per heavy atom. The van der Waals surface area contributed by atoms with Gasteiger partial charge in [0.25, 0.3) is 0 Å². The fraction of sp³-hybridized carbons (Fsp3) is 0.304. The summed E-state index contributed by atoms with van der Waals surface area (Å²) in [5.41, 5.74) is 2.32. The largest absolute Gasteiger partial charge is 0.455 e. The van der Waals surface area contributed by atoms with Gasteiger partial charge in [-0.25, -0.2) is 0 Å². The molecule has 0 fully saturated rings. The quantitative estimate of drug-likeness (QED) is 0.258. The molecule has 0 amide bonds. The number of carbonyl (C=O) groups is 1. The summed E-state index contributed by atoms with van der Waals surface area (Å²) in [6.07, 6.45) is 6.81. The van der Waals surface area contributed by atoms with Gasteiger partial charge in [0.15, 0.2) is 5.78 Å². The first kappa shape index (κ1) is 18.1. The fourth-order valence-corrected chi connectivity index (χ4v) is 3.09. The molecule has 0 saturated heterocycles. The Kier molecular flexibility index (Phi) is 6.37. The van der Waals surface area contributed by atoms with E-state index >= 15 is 0 Å². The average Bonchev–Trinajstić information content (AvgIpc) is 3.07. The molecule has 0 N–H and O–H groups in total. The molecule has 134 valence electrons. The highest BCUT2D eigenvalue weighted by Gasteiger charge is 2.20. The number of carbonyl (C=O) groups excluding carboxylic acids is 1. The molecule has 3 heteroatoms. The molecule has 0 saturated carbocycles. The van der Waals surface area contributed by atoms with Gasteiger partial charge >= 0.3 is 0 Å². The third-order valence-corrected chi connectivity index (χ3v) is 4.46. The molecule has 0 aliphatic rings. The van der Waals surface area contributed by atoms with E-state index in [9.17, 15) is 4.79 Å². The molecule has 1 heterocycles. The lowest BCUT2D eigenvalue weighted by molar-refractivity contribution is 0.100. The molecule has 3 rings (SSSR count). The maximum atomic E-state index is 12.9. The van der Waals surface area contributed by atoms with Crippen LogP contribution in [0.4, 0.5) is 0 Å². The maximum Gasteiger partial charge on any atom is 0.172 e. The first-order valence-corrected chi connectivity index (χ1v) is 9.39. The number of hydrogen-bond acceptors (Lipinski definition) is 3. The van der Waals surface area contributed by atoms with E-state index in [4.69, 9.17) is 4.42 Å². The minimum Gasteiger partial charge on any atom is -0.455 e. The van der Waals surface area contributed by atoms with Crippen LogP contribution >= 0.6 is 0 Å².